The summed E-state index contributed by atoms with van der Waals surface area (Å²) in [5.41, 5.74) is 0. The van der Waals surface area contributed by atoms with E-state index in [-0.39, 0.29) is 0 Å². The van der Waals surface area contributed by atoms with Crippen molar-refractivity contribution in [1.82, 2.24) is 15.3 Å². The summed E-state index contributed by atoms with van der Waals surface area (Å²) in [4.78, 5) is 8.19. The van der Waals surface area contributed by atoms with Crippen LogP contribution in [0, 0.1) is 5.92 Å². The molecule has 0 fully saturated rings. The molecule has 1 heterocycles. The van der Waals surface area contributed by atoms with Crippen LogP contribution in [0.4, 0.5) is 5.95 Å². The van der Waals surface area contributed by atoms with Gasteiger partial charge in [0.25, 0.3) is 0 Å². The molecule has 1 aromatic rings. The van der Waals surface area contributed by atoms with Crippen molar-refractivity contribution in [2.24, 2.45) is 5.92 Å². The molecule has 1 unspecified atom stereocenters. The molecular weight excluding hydrogens is 200 g/mol. The maximum Gasteiger partial charge on any atom is 0.222 e. The van der Waals surface area contributed by atoms with E-state index in [1.54, 1.807) is 12.4 Å². The Hall–Kier alpha value is -1.16. The van der Waals surface area contributed by atoms with Crippen LogP contribution >= 0.6 is 0 Å². The lowest BCUT2D eigenvalue weighted by Gasteiger charge is -2.17. The molecule has 0 radical (unpaired) electrons. The molecule has 0 saturated heterocycles. The summed E-state index contributed by atoms with van der Waals surface area (Å²) in [5, 5.41) is 6.67. The number of nitrogens with zero attached hydrogens (tertiary/aromatic N) is 2. The van der Waals surface area contributed by atoms with Gasteiger partial charge in [-0.2, -0.15) is 0 Å². The van der Waals surface area contributed by atoms with Gasteiger partial charge in [0.15, 0.2) is 0 Å². The van der Waals surface area contributed by atoms with Crippen molar-refractivity contribution in [3.05, 3.63) is 18.5 Å². The van der Waals surface area contributed by atoms with E-state index < -0.39 is 0 Å². The average molecular weight is 222 g/mol. The zero-order chi connectivity index (χ0) is 11.8. The maximum absolute atomic E-state index is 4.10. The summed E-state index contributed by atoms with van der Waals surface area (Å²) in [5.74, 6) is 1.39. The number of nitrogens with one attached hydrogen (secondary N) is 2. The SMILES string of the molecule is CC(C)C(C)NCCCNc1ncccn1. The standard InChI is InChI=1S/C12H22N4/c1-10(2)11(3)13-6-4-7-14-12-15-8-5-9-16-12/h5,8-11,13H,4,6-7H2,1-3H3,(H,14,15,16). The van der Waals surface area contributed by atoms with Crippen molar-refractivity contribution in [2.75, 3.05) is 18.4 Å². The molecule has 90 valence electrons. The minimum absolute atomic E-state index is 0.577. The molecule has 1 aromatic heterocycles. The number of anilines is 1. The summed E-state index contributed by atoms with van der Waals surface area (Å²) >= 11 is 0. The Bertz CT molecular complexity index is 274. The number of hydrogen-bond acceptors (Lipinski definition) is 4. The molecule has 0 aliphatic rings. The van der Waals surface area contributed by atoms with Gasteiger partial charge in [-0.3, -0.25) is 0 Å². The van der Waals surface area contributed by atoms with E-state index in [2.05, 4.69) is 41.4 Å². The highest BCUT2D eigenvalue weighted by molar-refractivity contribution is 5.21. The van der Waals surface area contributed by atoms with E-state index in [1.165, 1.54) is 0 Å². The highest BCUT2D eigenvalue weighted by Crippen LogP contribution is 1.99. The predicted molar refractivity (Wildman–Crippen MR) is 67.4 cm³/mol. The average Bonchev–Trinajstić information content (AvgIpc) is 2.29. The normalized spacial score (nSPS) is 12.8. The van der Waals surface area contributed by atoms with Crippen LogP contribution in [0.3, 0.4) is 0 Å². The molecule has 0 aliphatic heterocycles. The van der Waals surface area contributed by atoms with E-state index >= 15 is 0 Å². The second kappa shape index (κ2) is 7.17. The van der Waals surface area contributed by atoms with Crippen molar-refractivity contribution >= 4 is 5.95 Å². The molecule has 0 amide bonds. The van der Waals surface area contributed by atoms with Crippen molar-refractivity contribution in [3.63, 3.8) is 0 Å². The zero-order valence-electron chi connectivity index (χ0n) is 10.4. The van der Waals surface area contributed by atoms with Gasteiger partial charge >= 0.3 is 0 Å². The molecule has 16 heavy (non-hydrogen) atoms. The molecule has 2 N–H and O–H groups in total. The molecule has 4 nitrogen and oxygen atoms in total. The van der Waals surface area contributed by atoms with Gasteiger partial charge in [-0.15, -0.1) is 0 Å². The third kappa shape index (κ3) is 5.07. The zero-order valence-corrected chi connectivity index (χ0v) is 10.4. The molecular formula is C12H22N4. The van der Waals surface area contributed by atoms with E-state index in [0.29, 0.717) is 17.9 Å². The second-order valence-electron chi connectivity index (χ2n) is 4.34. The Morgan fingerprint density at radius 1 is 1.12 bits per heavy atom. The molecule has 1 rings (SSSR count). The lowest BCUT2D eigenvalue weighted by atomic mass is 10.1. The molecule has 0 aliphatic carbocycles. The Kier molecular flexibility index (Phi) is 5.78. The number of aromatic nitrogens is 2. The van der Waals surface area contributed by atoms with E-state index in [4.69, 9.17) is 0 Å². The number of rotatable bonds is 7. The van der Waals surface area contributed by atoms with Crippen molar-refractivity contribution in [1.29, 1.82) is 0 Å². The van der Waals surface area contributed by atoms with Gasteiger partial charge in [-0.25, -0.2) is 9.97 Å². The fourth-order valence-corrected chi connectivity index (χ4v) is 1.24. The quantitative estimate of drug-likeness (QED) is 0.692. The van der Waals surface area contributed by atoms with E-state index in [1.807, 2.05) is 6.07 Å². The maximum atomic E-state index is 4.10. The highest BCUT2D eigenvalue weighted by Gasteiger charge is 2.04. The Labute approximate surface area is 97.9 Å². The Morgan fingerprint density at radius 2 is 1.81 bits per heavy atom. The summed E-state index contributed by atoms with van der Waals surface area (Å²) in [6.45, 7) is 8.61. The first-order chi connectivity index (χ1) is 7.70. The smallest absolute Gasteiger partial charge is 0.222 e. The van der Waals surface area contributed by atoms with Crippen molar-refractivity contribution in [3.8, 4) is 0 Å². The van der Waals surface area contributed by atoms with Gasteiger partial charge in [0.1, 0.15) is 0 Å². The van der Waals surface area contributed by atoms with Gasteiger partial charge in [-0.05, 0) is 31.9 Å². The fourth-order valence-electron chi connectivity index (χ4n) is 1.24. The minimum Gasteiger partial charge on any atom is -0.354 e. The fraction of sp³-hybridized carbons (Fsp3) is 0.667. The Balaban J connectivity index is 2.04. The predicted octanol–water partition coefficient (Wildman–Crippen LogP) is 1.91. The van der Waals surface area contributed by atoms with Gasteiger partial charge in [-0.1, -0.05) is 13.8 Å². The van der Waals surface area contributed by atoms with Gasteiger partial charge < -0.3 is 10.6 Å². The first-order valence-electron chi connectivity index (χ1n) is 5.94. The monoisotopic (exact) mass is 222 g/mol. The van der Waals surface area contributed by atoms with E-state index in [0.717, 1.165) is 19.5 Å². The molecule has 0 saturated carbocycles. The van der Waals surface area contributed by atoms with Crippen LogP contribution in [0.2, 0.25) is 0 Å². The topological polar surface area (TPSA) is 49.8 Å². The molecule has 0 spiro atoms. The van der Waals surface area contributed by atoms with Crippen LogP contribution in [0.5, 0.6) is 0 Å². The van der Waals surface area contributed by atoms with Crippen molar-refractivity contribution in [2.45, 2.75) is 33.2 Å². The van der Waals surface area contributed by atoms with Crippen LogP contribution in [0.15, 0.2) is 18.5 Å². The molecule has 1 atom stereocenters. The number of hydrogen-bond donors (Lipinski definition) is 2. The van der Waals surface area contributed by atoms with Crippen molar-refractivity contribution < 1.29 is 0 Å². The third-order valence-electron chi connectivity index (χ3n) is 2.67. The van der Waals surface area contributed by atoms with Gasteiger partial charge in [0.2, 0.25) is 5.95 Å². The summed E-state index contributed by atoms with van der Waals surface area (Å²) < 4.78 is 0. The molecule has 0 aromatic carbocycles. The van der Waals surface area contributed by atoms with Crippen LogP contribution < -0.4 is 10.6 Å². The van der Waals surface area contributed by atoms with Crippen LogP contribution in [-0.2, 0) is 0 Å². The first-order valence-corrected chi connectivity index (χ1v) is 5.94. The molecule has 0 bridgehead atoms. The van der Waals surface area contributed by atoms with Crippen LogP contribution in [-0.4, -0.2) is 29.1 Å². The summed E-state index contributed by atoms with van der Waals surface area (Å²) in [6, 6.07) is 2.39. The lowest BCUT2D eigenvalue weighted by molar-refractivity contribution is 0.426. The van der Waals surface area contributed by atoms with Crippen LogP contribution in [0.1, 0.15) is 27.2 Å². The first kappa shape index (κ1) is 12.9. The lowest BCUT2D eigenvalue weighted by Crippen LogP contribution is -2.32. The van der Waals surface area contributed by atoms with E-state index in [9.17, 15) is 0 Å². The second-order valence-corrected chi connectivity index (χ2v) is 4.34. The summed E-state index contributed by atoms with van der Waals surface area (Å²) in [6.07, 6.45) is 4.57. The third-order valence-corrected chi connectivity index (χ3v) is 2.67. The minimum atomic E-state index is 0.577. The highest BCUT2D eigenvalue weighted by atomic mass is 15.1. The van der Waals surface area contributed by atoms with Gasteiger partial charge in [0, 0.05) is 25.0 Å². The largest absolute Gasteiger partial charge is 0.354 e. The van der Waals surface area contributed by atoms with Crippen LogP contribution in [0.25, 0.3) is 0 Å². The Morgan fingerprint density at radius 3 is 2.44 bits per heavy atom. The molecule has 4 heteroatoms. The van der Waals surface area contributed by atoms with Gasteiger partial charge in [0.05, 0.1) is 0 Å². The summed E-state index contributed by atoms with van der Waals surface area (Å²) in [7, 11) is 0.